The Hall–Kier alpha value is -0.880. The topological polar surface area (TPSA) is 35.2 Å². The second-order valence-electron chi connectivity index (χ2n) is 4.20. The number of alkyl halides is 3. The number of halogens is 3. The Kier molecular flexibility index (Phi) is 6.51. The monoisotopic (exact) mass is 293 g/mol. The molecule has 6 heteroatoms. The third-order valence-electron chi connectivity index (χ3n) is 2.83. The number of benzene rings is 1. The molecule has 0 aliphatic heterocycles. The van der Waals surface area contributed by atoms with E-state index in [9.17, 15) is 13.2 Å². The molecule has 0 saturated carbocycles. The SMILES string of the molecule is COc1ccccc1CC(CN)CCSC(F)(F)F. The second-order valence-corrected chi connectivity index (χ2v) is 5.36. The smallest absolute Gasteiger partial charge is 0.441 e. The molecule has 0 amide bonds. The lowest BCUT2D eigenvalue weighted by Gasteiger charge is -2.16. The fourth-order valence-corrected chi connectivity index (χ4v) is 2.51. The van der Waals surface area contributed by atoms with Crippen molar-refractivity contribution in [3.8, 4) is 5.75 Å². The van der Waals surface area contributed by atoms with Crippen LogP contribution < -0.4 is 10.5 Å². The average molecular weight is 293 g/mol. The highest BCUT2D eigenvalue weighted by atomic mass is 32.2. The van der Waals surface area contributed by atoms with Gasteiger partial charge in [-0.3, -0.25) is 0 Å². The van der Waals surface area contributed by atoms with Gasteiger partial charge in [-0.05, 0) is 36.9 Å². The van der Waals surface area contributed by atoms with Crippen molar-refractivity contribution in [1.29, 1.82) is 0 Å². The van der Waals surface area contributed by atoms with Crippen molar-refractivity contribution in [3.63, 3.8) is 0 Å². The third-order valence-corrected chi connectivity index (χ3v) is 3.59. The van der Waals surface area contributed by atoms with Crippen LogP contribution in [0, 0.1) is 5.92 Å². The predicted molar refractivity (Wildman–Crippen MR) is 72.4 cm³/mol. The summed E-state index contributed by atoms with van der Waals surface area (Å²) in [5.74, 6) is 0.830. The highest BCUT2D eigenvalue weighted by Gasteiger charge is 2.28. The Bertz CT molecular complexity index is 384. The summed E-state index contributed by atoms with van der Waals surface area (Å²) in [4.78, 5) is 0. The van der Waals surface area contributed by atoms with Crippen molar-refractivity contribution in [3.05, 3.63) is 29.8 Å². The van der Waals surface area contributed by atoms with E-state index in [1.165, 1.54) is 0 Å². The quantitative estimate of drug-likeness (QED) is 0.836. The fourth-order valence-electron chi connectivity index (χ4n) is 1.83. The Labute approximate surface area is 115 Å². The first-order chi connectivity index (χ1) is 8.96. The van der Waals surface area contributed by atoms with Crippen LogP contribution in [-0.4, -0.2) is 24.9 Å². The average Bonchev–Trinajstić information content (AvgIpc) is 2.36. The minimum Gasteiger partial charge on any atom is -0.496 e. The highest BCUT2D eigenvalue weighted by Crippen LogP contribution is 2.32. The van der Waals surface area contributed by atoms with Crippen LogP contribution in [-0.2, 0) is 6.42 Å². The molecule has 1 aromatic rings. The number of thioether (sulfide) groups is 1. The maximum atomic E-state index is 12.1. The minimum absolute atomic E-state index is 0.0110. The van der Waals surface area contributed by atoms with Crippen LogP contribution in [0.2, 0.25) is 0 Å². The van der Waals surface area contributed by atoms with Gasteiger partial charge in [0, 0.05) is 5.75 Å². The molecule has 0 aliphatic carbocycles. The van der Waals surface area contributed by atoms with Crippen LogP contribution in [0.4, 0.5) is 13.2 Å². The third kappa shape index (κ3) is 6.20. The van der Waals surface area contributed by atoms with Crippen LogP contribution in [0.3, 0.4) is 0 Å². The zero-order valence-electron chi connectivity index (χ0n) is 10.7. The van der Waals surface area contributed by atoms with E-state index in [-0.39, 0.29) is 23.4 Å². The summed E-state index contributed by atoms with van der Waals surface area (Å²) in [5, 5.41) is 0. The van der Waals surface area contributed by atoms with E-state index in [0.29, 0.717) is 19.4 Å². The molecular formula is C13H18F3NOS. The number of nitrogens with two attached hydrogens (primary N) is 1. The summed E-state index contributed by atoms with van der Waals surface area (Å²) in [6.07, 6.45) is 1.08. The first kappa shape index (κ1) is 16.2. The molecule has 2 nitrogen and oxygen atoms in total. The van der Waals surface area contributed by atoms with Gasteiger partial charge < -0.3 is 10.5 Å². The molecule has 0 radical (unpaired) electrons. The zero-order valence-corrected chi connectivity index (χ0v) is 11.6. The number of methoxy groups -OCH3 is 1. The molecule has 108 valence electrons. The Morgan fingerprint density at radius 3 is 2.58 bits per heavy atom. The van der Waals surface area contributed by atoms with Gasteiger partial charge in [0.15, 0.2) is 0 Å². The predicted octanol–water partition coefficient (Wildman–Crippen LogP) is 3.46. The van der Waals surface area contributed by atoms with Gasteiger partial charge in [-0.2, -0.15) is 13.2 Å². The van der Waals surface area contributed by atoms with Crippen LogP contribution >= 0.6 is 11.8 Å². The van der Waals surface area contributed by atoms with Gasteiger partial charge in [-0.1, -0.05) is 30.0 Å². The molecule has 1 unspecified atom stereocenters. The summed E-state index contributed by atoms with van der Waals surface area (Å²) in [6, 6.07) is 7.50. The van der Waals surface area contributed by atoms with Crippen molar-refractivity contribution in [2.24, 2.45) is 11.7 Å². The molecule has 0 aromatic heterocycles. The van der Waals surface area contributed by atoms with E-state index >= 15 is 0 Å². The highest BCUT2D eigenvalue weighted by molar-refractivity contribution is 8.00. The van der Waals surface area contributed by atoms with Gasteiger partial charge in [-0.25, -0.2) is 0 Å². The van der Waals surface area contributed by atoms with Crippen molar-refractivity contribution in [2.45, 2.75) is 18.3 Å². The molecule has 0 spiro atoms. The largest absolute Gasteiger partial charge is 0.496 e. The van der Waals surface area contributed by atoms with Crippen LogP contribution in [0.15, 0.2) is 24.3 Å². The van der Waals surface area contributed by atoms with Crippen molar-refractivity contribution in [2.75, 3.05) is 19.4 Å². The van der Waals surface area contributed by atoms with Gasteiger partial charge in [-0.15, -0.1) is 0 Å². The number of hydrogen-bond acceptors (Lipinski definition) is 3. The summed E-state index contributed by atoms with van der Waals surface area (Å²) >= 11 is 0.0110. The molecule has 0 fully saturated rings. The molecule has 0 aliphatic rings. The van der Waals surface area contributed by atoms with E-state index in [2.05, 4.69) is 0 Å². The Balaban J connectivity index is 2.52. The molecule has 19 heavy (non-hydrogen) atoms. The van der Waals surface area contributed by atoms with Crippen LogP contribution in [0.5, 0.6) is 5.75 Å². The standard InChI is InChI=1S/C13H18F3NOS/c1-18-12-5-3-2-4-11(12)8-10(9-17)6-7-19-13(14,15)16/h2-5,10H,6-9,17H2,1H3. The van der Waals surface area contributed by atoms with E-state index in [1.54, 1.807) is 7.11 Å². The van der Waals surface area contributed by atoms with Gasteiger partial charge in [0.05, 0.1) is 7.11 Å². The van der Waals surface area contributed by atoms with Crippen LogP contribution in [0.1, 0.15) is 12.0 Å². The lowest BCUT2D eigenvalue weighted by molar-refractivity contribution is -0.0328. The summed E-state index contributed by atoms with van der Waals surface area (Å²) < 4.78 is 41.4. The number of hydrogen-bond donors (Lipinski definition) is 1. The van der Waals surface area contributed by atoms with Crippen molar-refractivity contribution in [1.82, 2.24) is 0 Å². The Morgan fingerprint density at radius 1 is 1.32 bits per heavy atom. The summed E-state index contributed by atoms with van der Waals surface area (Å²) in [6.45, 7) is 0.371. The van der Waals surface area contributed by atoms with E-state index in [0.717, 1.165) is 11.3 Å². The number of para-hydroxylation sites is 1. The van der Waals surface area contributed by atoms with E-state index in [4.69, 9.17) is 10.5 Å². The number of rotatable bonds is 7. The van der Waals surface area contributed by atoms with Crippen molar-refractivity contribution >= 4 is 11.8 Å². The number of ether oxygens (including phenoxy) is 1. The molecule has 0 heterocycles. The molecule has 0 bridgehead atoms. The van der Waals surface area contributed by atoms with Gasteiger partial charge in [0.25, 0.3) is 0 Å². The van der Waals surface area contributed by atoms with Gasteiger partial charge >= 0.3 is 5.51 Å². The molecule has 0 saturated heterocycles. The van der Waals surface area contributed by atoms with Gasteiger partial charge in [0.1, 0.15) is 5.75 Å². The van der Waals surface area contributed by atoms with E-state index in [1.807, 2.05) is 24.3 Å². The first-order valence-electron chi connectivity index (χ1n) is 5.99. The summed E-state index contributed by atoms with van der Waals surface area (Å²) in [7, 11) is 1.58. The molecule has 1 rings (SSSR count). The van der Waals surface area contributed by atoms with E-state index < -0.39 is 5.51 Å². The zero-order chi connectivity index (χ0) is 14.3. The molecule has 1 aromatic carbocycles. The van der Waals surface area contributed by atoms with Gasteiger partial charge in [0.2, 0.25) is 0 Å². The normalized spacial score (nSPS) is 13.3. The lowest BCUT2D eigenvalue weighted by Crippen LogP contribution is -2.18. The first-order valence-corrected chi connectivity index (χ1v) is 6.97. The maximum Gasteiger partial charge on any atom is 0.441 e. The summed E-state index contributed by atoms with van der Waals surface area (Å²) in [5.41, 5.74) is 2.45. The fraction of sp³-hybridized carbons (Fsp3) is 0.538. The molecule has 2 N–H and O–H groups in total. The Morgan fingerprint density at radius 2 is 2.00 bits per heavy atom. The molecular weight excluding hydrogens is 275 g/mol. The molecule has 1 atom stereocenters. The van der Waals surface area contributed by atoms with Crippen molar-refractivity contribution < 1.29 is 17.9 Å². The minimum atomic E-state index is -4.16. The lowest BCUT2D eigenvalue weighted by atomic mass is 9.96. The second kappa shape index (κ2) is 7.65. The maximum absolute atomic E-state index is 12.1. The van der Waals surface area contributed by atoms with Crippen LogP contribution in [0.25, 0.3) is 0 Å².